The lowest BCUT2D eigenvalue weighted by molar-refractivity contribution is -0.384. The number of rotatable bonds is 6. The molecule has 0 aliphatic rings. The van der Waals surface area contributed by atoms with Crippen LogP contribution in [0.1, 0.15) is 35.7 Å². The first-order valence-corrected chi connectivity index (χ1v) is 8.17. The van der Waals surface area contributed by atoms with Crippen LogP contribution in [-0.2, 0) is 9.53 Å². The molecule has 0 fully saturated rings. The number of anilines is 1. The zero-order valence-corrected chi connectivity index (χ0v) is 14.9. The second kappa shape index (κ2) is 8.44. The molecule has 0 heterocycles. The number of hydrogen-bond donors (Lipinski definition) is 1. The summed E-state index contributed by atoms with van der Waals surface area (Å²) in [6.45, 7) is 3.50. The van der Waals surface area contributed by atoms with Gasteiger partial charge in [-0.2, -0.15) is 0 Å². The fourth-order valence-corrected chi connectivity index (χ4v) is 2.54. The molecule has 0 aliphatic carbocycles. The van der Waals surface area contributed by atoms with Gasteiger partial charge in [0.25, 0.3) is 11.6 Å². The number of nitrogens with zero attached hydrogens (tertiary/aromatic N) is 1. The van der Waals surface area contributed by atoms with Gasteiger partial charge in [-0.3, -0.25) is 14.9 Å². The SMILES string of the molecule is CC(C)c1ccccc1NC(=O)COC(=O)c1ccc([N+](=O)[O-])cc1Cl. The second-order valence-electron chi connectivity index (χ2n) is 5.79. The first kappa shape index (κ1) is 19.4. The van der Waals surface area contributed by atoms with Crippen molar-refractivity contribution < 1.29 is 19.2 Å². The van der Waals surface area contributed by atoms with Crippen molar-refractivity contribution in [3.63, 3.8) is 0 Å². The maximum Gasteiger partial charge on any atom is 0.340 e. The van der Waals surface area contributed by atoms with Crippen LogP contribution in [0.25, 0.3) is 0 Å². The zero-order chi connectivity index (χ0) is 19.3. The number of non-ortho nitro benzene ring substituents is 1. The van der Waals surface area contributed by atoms with E-state index >= 15 is 0 Å². The van der Waals surface area contributed by atoms with Gasteiger partial charge in [0.1, 0.15) is 0 Å². The molecule has 0 aliphatic heterocycles. The predicted molar refractivity (Wildman–Crippen MR) is 97.5 cm³/mol. The van der Waals surface area contributed by atoms with Crippen LogP contribution in [-0.4, -0.2) is 23.4 Å². The van der Waals surface area contributed by atoms with Crippen LogP contribution in [0.15, 0.2) is 42.5 Å². The Morgan fingerprint density at radius 3 is 2.54 bits per heavy atom. The maximum atomic E-state index is 12.0. The van der Waals surface area contributed by atoms with Gasteiger partial charge in [0.05, 0.1) is 15.5 Å². The Labute approximate surface area is 155 Å². The molecule has 1 N–H and O–H groups in total. The molecule has 7 nitrogen and oxygen atoms in total. The van der Waals surface area contributed by atoms with Gasteiger partial charge < -0.3 is 10.1 Å². The Balaban J connectivity index is 1.99. The zero-order valence-electron chi connectivity index (χ0n) is 14.2. The van der Waals surface area contributed by atoms with E-state index in [0.717, 1.165) is 17.7 Å². The number of nitro benzene ring substituents is 1. The van der Waals surface area contributed by atoms with Crippen LogP contribution in [0.2, 0.25) is 5.02 Å². The van der Waals surface area contributed by atoms with Crippen molar-refractivity contribution in [3.8, 4) is 0 Å². The molecule has 136 valence electrons. The van der Waals surface area contributed by atoms with E-state index in [0.29, 0.717) is 5.69 Å². The summed E-state index contributed by atoms with van der Waals surface area (Å²) in [5, 5.41) is 13.3. The maximum absolute atomic E-state index is 12.0. The number of ether oxygens (including phenoxy) is 1. The van der Waals surface area contributed by atoms with Gasteiger partial charge in [0.15, 0.2) is 6.61 Å². The minimum Gasteiger partial charge on any atom is -0.452 e. The third kappa shape index (κ3) is 4.80. The van der Waals surface area contributed by atoms with Crippen LogP contribution in [0, 0.1) is 10.1 Å². The van der Waals surface area contributed by atoms with Crippen LogP contribution in [0.4, 0.5) is 11.4 Å². The molecule has 2 aromatic rings. The number of nitro groups is 1. The highest BCUT2D eigenvalue weighted by molar-refractivity contribution is 6.33. The summed E-state index contributed by atoms with van der Waals surface area (Å²) in [6, 6.07) is 10.7. The highest BCUT2D eigenvalue weighted by Gasteiger charge is 2.17. The van der Waals surface area contributed by atoms with E-state index in [1.807, 2.05) is 26.0 Å². The Kier molecular flexibility index (Phi) is 6.30. The monoisotopic (exact) mass is 376 g/mol. The van der Waals surface area contributed by atoms with Gasteiger partial charge in [0, 0.05) is 17.8 Å². The third-order valence-corrected chi connectivity index (χ3v) is 3.89. The number of esters is 1. The fourth-order valence-electron chi connectivity index (χ4n) is 2.29. The van der Waals surface area contributed by atoms with E-state index in [-0.39, 0.29) is 22.2 Å². The molecule has 0 atom stereocenters. The average Bonchev–Trinajstić information content (AvgIpc) is 2.59. The van der Waals surface area contributed by atoms with E-state index < -0.39 is 23.4 Å². The topological polar surface area (TPSA) is 98.5 Å². The molecule has 0 saturated heterocycles. The Morgan fingerprint density at radius 1 is 1.23 bits per heavy atom. The quantitative estimate of drug-likeness (QED) is 0.463. The number of hydrogen-bond acceptors (Lipinski definition) is 5. The Hall–Kier alpha value is -2.93. The molecule has 2 aromatic carbocycles. The predicted octanol–water partition coefficient (Wildman–Crippen LogP) is 4.17. The number of carbonyl (C=O) groups excluding carboxylic acids is 2. The van der Waals surface area contributed by atoms with Crippen molar-refractivity contribution >= 4 is 34.9 Å². The van der Waals surface area contributed by atoms with Gasteiger partial charge in [-0.05, 0) is 23.6 Å². The van der Waals surface area contributed by atoms with Crippen LogP contribution >= 0.6 is 11.6 Å². The van der Waals surface area contributed by atoms with Crippen LogP contribution in [0.5, 0.6) is 0 Å². The first-order valence-electron chi connectivity index (χ1n) is 7.79. The highest BCUT2D eigenvalue weighted by Crippen LogP contribution is 2.24. The highest BCUT2D eigenvalue weighted by atomic mass is 35.5. The standard InChI is InChI=1S/C18H17ClN2O5/c1-11(2)13-5-3-4-6-16(13)20-17(22)10-26-18(23)14-8-7-12(21(24)25)9-15(14)19/h3-9,11H,10H2,1-2H3,(H,20,22). The summed E-state index contributed by atoms with van der Waals surface area (Å²) >= 11 is 5.86. The number of benzene rings is 2. The van der Waals surface area contributed by atoms with E-state index in [9.17, 15) is 19.7 Å². The molecule has 0 spiro atoms. The fraction of sp³-hybridized carbons (Fsp3) is 0.222. The largest absolute Gasteiger partial charge is 0.452 e. The molecule has 0 unspecified atom stereocenters. The van der Waals surface area contributed by atoms with Gasteiger partial charge in [-0.1, -0.05) is 43.6 Å². The van der Waals surface area contributed by atoms with Crippen molar-refractivity contribution in [1.82, 2.24) is 0 Å². The molecule has 26 heavy (non-hydrogen) atoms. The van der Waals surface area contributed by atoms with Crippen molar-refractivity contribution in [1.29, 1.82) is 0 Å². The number of para-hydroxylation sites is 1. The van der Waals surface area contributed by atoms with Gasteiger partial charge in [-0.25, -0.2) is 4.79 Å². The average molecular weight is 377 g/mol. The summed E-state index contributed by atoms with van der Waals surface area (Å²) in [5.41, 5.74) is 1.32. The summed E-state index contributed by atoms with van der Waals surface area (Å²) in [5.74, 6) is -1.12. The van der Waals surface area contributed by atoms with E-state index in [2.05, 4.69) is 5.32 Å². The van der Waals surface area contributed by atoms with Crippen molar-refractivity contribution in [2.45, 2.75) is 19.8 Å². The summed E-state index contributed by atoms with van der Waals surface area (Å²) in [7, 11) is 0. The molecule has 0 bridgehead atoms. The van der Waals surface area contributed by atoms with Crippen molar-refractivity contribution in [2.24, 2.45) is 0 Å². The molecular weight excluding hydrogens is 360 g/mol. The molecular formula is C18H17ClN2O5. The summed E-state index contributed by atoms with van der Waals surface area (Å²) in [4.78, 5) is 34.1. The molecule has 2 rings (SSSR count). The molecule has 8 heteroatoms. The summed E-state index contributed by atoms with van der Waals surface area (Å²) < 4.78 is 4.94. The van der Waals surface area contributed by atoms with Gasteiger partial charge >= 0.3 is 5.97 Å². The van der Waals surface area contributed by atoms with E-state index in [4.69, 9.17) is 16.3 Å². The van der Waals surface area contributed by atoms with Crippen molar-refractivity contribution in [2.75, 3.05) is 11.9 Å². The van der Waals surface area contributed by atoms with Crippen molar-refractivity contribution in [3.05, 3.63) is 68.7 Å². The molecule has 0 aromatic heterocycles. The normalized spacial score (nSPS) is 10.5. The Morgan fingerprint density at radius 2 is 1.92 bits per heavy atom. The van der Waals surface area contributed by atoms with Gasteiger partial charge in [0.2, 0.25) is 0 Å². The van der Waals surface area contributed by atoms with Crippen LogP contribution in [0.3, 0.4) is 0 Å². The number of amides is 1. The van der Waals surface area contributed by atoms with E-state index in [1.54, 1.807) is 12.1 Å². The van der Waals surface area contributed by atoms with Gasteiger partial charge in [-0.15, -0.1) is 0 Å². The van der Waals surface area contributed by atoms with E-state index in [1.165, 1.54) is 6.07 Å². The molecule has 1 amide bonds. The number of nitrogens with one attached hydrogen (secondary N) is 1. The lowest BCUT2D eigenvalue weighted by atomic mass is 10.0. The first-order chi connectivity index (χ1) is 12.3. The number of carbonyl (C=O) groups is 2. The lowest BCUT2D eigenvalue weighted by Crippen LogP contribution is -2.21. The second-order valence-corrected chi connectivity index (χ2v) is 6.19. The van der Waals surface area contributed by atoms with Crippen LogP contribution < -0.4 is 5.32 Å². The minimum atomic E-state index is -0.836. The lowest BCUT2D eigenvalue weighted by Gasteiger charge is -2.13. The summed E-state index contributed by atoms with van der Waals surface area (Å²) in [6.07, 6.45) is 0. The molecule has 0 saturated carbocycles. The Bertz CT molecular complexity index is 851. The minimum absolute atomic E-state index is 0.0485. The number of halogens is 1. The smallest absolute Gasteiger partial charge is 0.340 e. The molecule has 0 radical (unpaired) electrons. The third-order valence-electron chi connectivity index (χ3n) is 3.57.